The Morgan fingerprint density at radius 1 is 1.59 bits per heavy atom. The highest BCUT2D eigenvalue weighted by molar-refractivity contribution is 6.31. The van der Waals surface area contributed by atoms with Crippen molar-refractivity contribution in [2.24, 2.45) is 11.3 Å². The molecule has 1 fully saturated rings. The van der Waals surface area contributed by atoms with Crippen molar-refractivity contribution in [3.05, 3.63) is 29.0 Å². The van der Waals surface area contributed by atoms with Crippen LogP contribution in [0, 0.1) is 11.3 Å². The molecule has 1 aliphatic rings. The number of aromatic nitrogens is 1. The van der Waals surface area contributed by atoms with Crippen molar-refractivity contribution in [2.45, 2.75) is 45.6 Å². The van der Waals surface area contributed by atoms with Crippen molar-refractivity contribution in [1.29, 1.82) is 0 Å². The van der Waals surface area contributed by atoms with Gasteiger partial charge in [-0.1, -0.05) is 31.9 Å². The van der Waals surface area contributed by atoms with E-state index >= 15 is 0 Å². The van der Waals surface area contributed by atoms with Crippen LogP contribution in [0.25, 0.3) is 0 Å². The molecule has 0 saturated heterocycles. The summed E-state index contributed by atoms with van der Waals surface area (Å²) in [6.45, 7) is 4.50. The Kier molecular flexibility index (Phi) is 3.74. The Labute approximate surface area is 108 Å². The van der Waals surface area contributed by atoms with Gasteiger partial charge in [0.25, 0.3) is 0 Å². The first kappa shape index (κ1) is 12.8. The largest absolute Gasteiger partial charge is 0.392 e. The van der Waals surface area contributed by atoms with E-state index in [4.69, 9.17) is 11.6 Å². The SMILES string of the molecule is CC1(C)CCCC1C(O)Cc1ccncc1Cl. The Hall–Kier alpha value is -0.600. The molecule has 94 valence electrons. The van der Waals surface area contributed by atoms with Gasteiger partial charge in [-0.15, -0.1) is 0 Å². The third-order valence-electron chi connectivity index (χ3n) is 4.09. The lowest BCUT2D eigenvalue weighted by atomic mass is 9.77. The zero-order valence-electron chi connectivity index (χ0n) is 10.5. The van der Waals surface area contributed by atoms with Crippen molar-refractivity contribution in [2.75, 3.05) is 0 Å². The third-order valence-corrected chi connectivity index (χ3v) is 4.43. The number of aliphatic hydroxyl groups excluding tert-OH is 1. The molecule has 2 nitrogen and oxygen atoms in total. The molecular weight excluding hydrogens is 234 g/mol. The summed E-state index contributed by atoms with van der Waals surface area (Å²) in [4.78, 5) is 3.96. The average Bonchev–Trinajstić information content (AvgIpc) is 2.61. The number of hydrogen-bond donors (Lipinski definition) is 1. The first-order chi connectivity index (χ1) is 8.00. The molecule has 1 aromatic heterocycles. The number of pyridine rings is 1. The third kappa shape index (κ3) is 2.80. The second-order valence-corrected chi connectivity index (χ2v) is 6.13. The van der Waals surface area contributed by atoms with Gasteiger partial charge in [-0.05, 0) is 35.8 Å². The van der Waals surface area contributed by atoms with Crippen LogP contribution >= 0.6 is 11.6 Å². The van der Waals surface area contributed by atoms with Crippen LogP contribution in [0.3, 0.4) is 0 Å². The maximum absolute atomic E-state index is 10.4. The summed E-state index contributed by atoms with van der Waals surface area (Å²) < 4.78 is 0. The molecule has 0 radical (unpaired) electrons. The first-order valence-electron chi connectivity index (χ1n) is 6.27. The molecule has 1 saturated carbocycles. The summed E-state index contributed by atoms with van der Waals surface area (Å²) in [5, 5.41) is 11.0. The second kappa shape index (κ2) is 4.95. The number of nitrogens with zero attached hydrogens (tertiary/aromatic N) is 1. The smallest absolute Gasteiger partial charge is 0.0622 e. The van der Waals surface area contributed by atoms with Gasteiger partial charge in [-0.3, -0.25) is 4.98 Å². The minimum atomic E-state index is -0.299. The van der Waals surface area contributed by atoms with E-state index in [-0.39, 0.29) is 11.5 Å². The van der Waals surface area contributed by atoms with Crippen molar-refractivity contribution in [1.82, 2.24) is 4.98 Å². The summed E-state index contributed by atoms with van der Waals surface area (Å²) in [6, 6.07) is 1.90. The van der Waals surface area contributed by atoms with E-state index in [1.165, 1.54) is 12.8 Å². The van der Waals surface area contributed by atoms with Gasteiger partial charge >= 0.3 is 0 Å². The lowest BCUT2D eigenvalue weighted by Crippen LogP contribution is -2.31. The molecule has 2 atom stereocenters. The zero-order chi connectivity index (χ0) is 12.5. The normalized spacial score (nSPS) is 24.8. The molecule has 2 rings (SSSR count). The topological polar surface area (TPSA) is 33.1 Å². The minimum Gasteiger partial charge on any atom is -0.392 e. The van der Waals surface area contributed by atoms with Crippen molar-refractivity contribution in [3.8, 4) is 0 Å². The van der Waals surface area contributed by atoms with Crippen LogP contribution < -0.4 is 0 Å². The fraction of sp³-hybridized carbons (Fsp3) is 0.643. The van der Waals surface area contributed by atoms with E-state index < -0.39 is 0 Å². The predicted molar refractivity (Wildman–Crippen MR) is 70.1 cm³/mol. The predicted octanol–water partition coefficient (Wildman–Crippen LogP) is 3.46. The van der Waals surface area contributed by atoms with Gasteiger partial charge in [0.15, 0.2) is 0 Å². The molecule has 0 bridgehead atoms. The van der Waals surface area contributed by atoms with Gasteiger partial charge in [0.05, 0.1) is 11.1 Å². The van der Waals surface area contributed by atoms with Crippen LogP contribution in [0.4, 0.5) is 0 Å². The summed E-state index contributed by atoms with van der Waals surface area (Å²) in [5.74, 6) is 0.381. The molecule has 3 heteroatoms. The Morgan fingerprint density at radius 2 is 2.35 bits per heavy atom. The Balaban J connectivity index is 2.07. The first-order valence-corrected chi connectivity index (χ1v) is 6.65. The monoisotopic (exact) mass is 253 g/mol. The summed E-state index contributed by atoms with van der Waals surface area (Å²) in [7, 11) is 0. The van der Waals surface area contributed by atoms with Crippen LogP contribution in [-0.4, -0.2) is 16.2 Å². The molecular formula is C14H20ClNO. The summed E-state index contributed by atoms with van der Waals surface area (Å²) in [5.41, 5.74) is 1.25. The van der Waals surface area contributed by atoms with E-state index in [1.807, 2.05) is 6.07 Å². The number of halogens is 1. The highest BCUT2D eigenvalue weighted by Gasteiger charge is 2.38. The maximum Gasteiger partial charge on any atom is 0.0622 e. The van der Waals surface area contributed by atoms with Crippen molar-refractivity contribution >= 4 is 11.6 Å². The molecule has 1 heterocycles. The molecule has 0 aromatic carbocycles. The van der Waals surface area contributed by atoms with E-state index in [1.54, 1.807) is 12.4 Å². The maximum atomic E-state index is 10.4. The number of rotatable bonds is 3. The van der Waals surface area contributed by atoms with Crippen LogP contribution in [0.1, 0.15) is 38.7 Å². The highest BCUT2D eigenvalue weighted by atomic mass is 35.5. The summed E-state index contributed by atoms with van der Waals surface area (Å²) in [6.07, 6.45) is 7.26. The fourth-order valence-electron chi connectivity index (χ4n) is 3.00. The van der Waals surface area contributed by atoms with Gasteiger partial charge < -0.3 is 5.11 Å². The van der Waals surface area contributed by atoms with Gasteiger partial charge in [-0.2, -0.15) is 0 Å². The molecule has 1 aromatic rings. The van der Waals surface area contributed by atoms with Gasteiger partial charge in [0.2, 0.25) is 0 Å². The standard InChI is InChI=1S/C14H20ClNO/c1-14(2)6-3-4-11(14)13(17)8-10-5-7-16-9-12(10)15/h5,7,9,11,13,17H,3-4,6,8H2,1-2H3. The molecule has 2 unspecified atom stereocenters. The fourth-order valence-corrected chi connectivity index (χ4v) is 3.20. The van der Waals surface area contributed by atoms with Gasteiger partial charge in [0.1, 0.15) is 0 Å². The van der Waals surface area contributed by atoms with Gasteiger partial charge in [-0.25, -0.2) is 0 Å². The van der Waals surface area contributed by atoms with Crippen LogP contribution in [0.5, 0.6) is 0 Å². The number of aliphatic hydroxyl groups is 1. The van der Waals surface area contributed by atoms with E-state index in [0.717, 1.165) is 12.0 Å². The Bertz CT molecular complexity index is 392. The van der Waals surface area contributed by atoms with Crippen LogP contribution in [-0.2, 0) is 6.42 Å². The van der Waals surface area contributed by atoms with Crippen LogP contribution in [0.2, 0.25) is 5.02 Å². The molecule has 0 amide bonds. The minimum absolute atomic E-state index is 0.249. The zero-order valence-corrected chi connectivity index (χ0v) is 11.2. The van der Waals surface area contributed by atoms with E-state index in [0.29, 0.717) is 17.4 Å². The molecule has 17 heavy (non-hydrogen) atoms. The Morgan fingerprint density at radius 3 is 2.94 bits per heavy atom. The van der Waals surface area contributed by atoms with Crippen molar-refractivity contribution in [3.63, 3.8) is 0 Å². The molecule has 0 spiro atoms. The quantitative estimate of drug-likeness (QED) is 0.895. The summed E-state index contributed by atoms with van der Waals surface area (Å²) >= 11 is 6.07. The highest BCUT2D eigenvalue weighted by Crippen LogP contribution is 2.45. The van der Waals surface area contributed by atoms with Crippen molar-refractivity contribution < 1.29 is 5.11 Å². The lowest BCUT2D eigenvalue weighted by molar-refractivity contribution is 0.0543. The number of hydrogen-bond acceptors (Lipinski definition) is 2. The lowest BCUT2D eigenvalue weighted by Gasteiger charge is -2.31. The molecule has 1 N–H and O–H groups in total. The second-order valence-electron chi connectivity index (χ2n) is 5.73. The van der Waals surface area contributed by atoms with E-state index in [2.05, 4.69) is 18.8 Å². The molecule has 0 aliphatic heterocycles. The van der Waals surface area contributed by atoms with Crippen LogP contribution in [0.15, 0.2) is 18.5 Å². The van der Waals surface area contributed by atoms with Gasteiger partial charge in [0, 0.05) is 18.8 Å². The van der Waals surface area contributed by atoms with E-state index in [9.17, 15) is 5.11 Å². The molecule has 1 aliphatic carbocycles. The average molecular weight is 254 g/mol.